The van der Waals surface area contributed by atoms with Crippen molar-refractivity contribution in [2.24, 2.45) is 0 Å². The predicted molar refractivity (Wildman–Crippen MR) is 46.8 cm³/mol. The normalized spacial score (nSPS) is 12.5. The third-order valence-electron chi connectivity index (χ3n) is 1.38. The highest BCUT2D eigenvalue weighted by Crippen LogP contribution is 2.14. The second-order valence-corrected chi connectivity index (χ2v) is 2.87. The number of rotatable bonds is 3. The molecule has 3 N–H and O–H groups in total. The molecular formula is C7H9NO3S. The lowest BCUT2D eigenvalue weighted by Gasteiger charge is -2.05. The Balaban J connectivity index is 2.89. The Morgan fingerprint density at radius 1 is 1.42 bits per heavy atom. The summed E-state index contributed by atoms with van der Waals surface area (Å²) in [5, 5.41) is 8.81. The van der Waals surface area contributed by atoms with Crippen LogP contribution in [0.15, 0.2) is 24.3 Å². The summed E-state index contributed by atoms with van der Waals surface area (Å²) in [4.78, 5) is 0. The largest absolute Gasteiger partial charge is 0.392 e. The minimum Gasteiger partial charge on any atom is -0.392 e. The van der Waals surface area contributed by atoms with Crippen molar-refractivity contribution < 1.29 is 13.9 Å². The van der Waals surface area contributed by atoms with Crippen LogP contribution in [-0.4, -0.2) is 13.9 Å². The fourth-order valence-electron chi connectivity index (χ4n) is 0.852. The molecule has 1 aromatic carbocycles. The molecule has 12 heavy (non-hydrogen) atoms. The number of anilines is 1. The lowest BCUT2D eigenvalue weighted by Crippen LogP contribution is -2.04. The highest BCUT2D eigenvalue weighted by molar-refractivity contribution is 7.80. The highest BCUT2D eigenvalue weighted by Gasteiger charge is 2.00. The van der Waals surface area contributed by atoms with E-state index in [1.807, 2.05) is 0 Å². The maximum absolute atomic E-state index is 10.4. The van der Waals surface area contributed by atoms with Gasteiger partial charge in [0.2, 0.25) is 0 Å². The average Bonchev–Trinajstić information content (AvgIpc) is 2.04. The molecule has 1 rings (SSSR count). The number of nitrogens with one attached hydrogen (secondary N) is 1. The van der Waals surface area contributed by atoms with Crippen LogP contribution in [0.3, 0.4) is 0 Å². The Morgan fingerprint density at radius 3 is 2.67 bits per heavy atom. The zero-order valence-electron chi connectivity index (χ0n) is 6.23. The van der Waals surface area contributed by atoms with Crippen molar-refractivity contribution in [1.82, 2.24) is 0 Å². The fourth-order valence-corrected chi connectivity index (χ4v) is 1.24. The topological polar surface area (TPSA) is 69.6 Å². The van der Waals surface area contributed by atoms with E-state index in [2.05, 4.69) is 4.72 Å². The van der Waals surface area contributed by atoms with Gasteiger partial charge in [-0.2, -0.15) is 0 Å². The summed E-state index contributed by atoms with van der Waals surface area (Å²) < 4.78 is 21.2. The molecule has 5 heteroatoms. The van der Waals surface area contributed by atoms with E-state index in [0.29, 0.717) is 11.3 Å². The molecule has 0 spiro atoms. The van der Waals surface area contributed by atoms with Gasteiger partial charge in [-0.05, 0) is 6.07 Å². The van der Waals surface area contributed by atoms with E-state index in [0.717, 1.165) is 0 Å². The van der Waals surface area contributed by atoms with Gasteiger partial charge in [0.1, 0.15) is 0 Å². The van der Waals surface area contributed by atoms with Crippen LogP contribution in [0, 0.1) is 0 Å². The minimum atomic E-state index is -2.09. The smallest absolute Gasteiger partial charge is 0.259 e. The first-order chi connectivity index (χ1) is 5.74. The fraction of sp³-hybridized carbons (Fsp3) is 0.143. The van der Waals surface area contributed by atoms with E-state index in [-0.39, 0.29) is 6.61 Å². The van der Waals surface area contributed by atoms with Gasteiger partial charge >= 0.3 is 0 Å². The SMILES string of the molecule is O=S(O)Nc1ccccc1CO. The number of hydrogen-bond donors (Lipinski definition) is 3. The maximum atomic E-state index is 10.4. The van der Waals surface area contributed by atoms with Crippen LogP contribution >= 0.6 is 0 Å². The molecule has 0 bridgehead atoms. The molecule has 0 saturated carbocycles. The first kappa shape index (κ1) is 9.18. The number of aliphatic hydroxyl groups excluding tert-OH is 1. The highest BCUT2D eigenvalue weighted by atomic mass is 32.2. The first-order valence-corrected chi connectivity index (χ1v) is 4.41. The van der Waals surface area contributed by atoms with Crippen LogP contribution in [0.25, 0.3) is 0 Å². The summed E-state index contributed by atoms with van der Waals surface area (Å²) >= 11 is -2.09. The number of aliphatic hydroxyl groups is 1. The third-order valence-corrected chi connectivity index (χ3v) is 1.78. The van der Waals surface area contributed by atoms with Crippen molar-refractivity contribution in [2.75, 3.05) is 4.72 Å². The quantitative estimate of drug-likeness (QED) is 0.611. The van der Waals surface area contributed by atoms with Crippen molar-refractivity contribution >= 4 is 17.0 Å². The molecule has 1 atom stereocenters. The van der Waals surface area contributed by atoms with E-state index >= 15 is 0 Å². The Kier molecular flexibility index (Phi) is 3.21. The molecule has 0 fully saturated rings. The molecule has 0 aliphatic heterocycles. The number of para-hydroxylation sites is 1. The van der Waals surface area contributed by atoms with Gasteiger partial charge in [-0.15, -0.1) is 0 Å². The Labute approximate surface area is 72.7 Å². The monoisotopic (exact) mass is 187 g/mol. The lowest BCUT2D eigenvalue weighted by atomic mass is 10.2. The van der Waals surface area contributed by atoms with Gasteiger partial charge in [-0.3, -0.25) is 9.27 Å². The van der Waals surface area contributed by atoms with E-state index in [4.69, 9.17) is 9.66 Å². The molecule has 1 aromatic rings. The van der Waals surface area contributed by atoms with Gasteiger partial charge in [0.15, 0.2) is 0 Å². The summed E-state index contributed by atoms with van der Waals surface area (Å²) in [5.41, 5.74) is 1.07. The van der Waals surface area contributed by atoms with Crippen molar-refractivity contribution in [1.29, 1.82) is 0 Å². The van der Waals surface area contributed by atoms with Crippen LogP contribution in [0.2, 0.25) is 0 Å². The second-order valence-electron chi connectivity index (χ2n) is 2.17. The van der Waals surface area contributed by atoms with Crippen LogP contribution in [0.5, 0.6) is 0 Å². The van der Waals surface area contributed by atoms with Gasteiger partial charge in [0.05, 0.1) is 12.3 Å². The summed E-state index contributed by atoms with van der Waals surface area (Å²) in [6, 6.07) is 6.76. The van der Waals surface area contributed by atoms with Gasteiger partial charge < -0.3 is 5.11 Å². The molecule has 66 valence electrons. The maximum Gasteiger partial charge on any atom is 0.259 e. The van der Waals surface area contributed by atoms with Crippen molar-refractivity contribution in [3.8, 4) is 0 Å². The van der Waals surface area contributed by atoms with Crippen molar-refractivity contribution in [2.45, 2.75) is 6.61 Å². The van der Waals surface area contributed by atoms with E-state index < -0.39 is 11.3 Å². The molecule has 1 unspecified atom stereocenters. The Bertz CT molecular complexity index is 290. The van der Waals surface area contributed by atoms with Crippen LogP contribution in [-0.2, 0) is 17.9 Å². The molecule has 0 heterocycles. The summed E-state index contributed by atoms with van der Waals surface area (Å²) in [6.45, 7) is -0.152. The molecule has 4 nitrogen and oxygen atoms in total. The predicted octanol–water partition coefficient (Wildman–Crippen LogP) is 0.727. The van der Waals surface area contributed by atoms with Crippen molar-refractivity contribution in [3.63, 3.8) is 0 Å². The third kappa shape index (κ3) is 2.30. The molecule has 0 aromatic heterocycles. The van der Waals surface area contributed by atoms with Gasteiger partial charge in [0.25, 0.3) is 11.3 Å². The summed E-state index contributed by atoms with van der Waals surface area (Å²) in [7, 11) is 0. The summed E-state index contributed by atoms with van der Waals surface area (Å²) in [6.07, 6.45) is 0. The van der Waals surface area contributed by atoms with Crippen LogP contribution in [0.1, 0.15) is 5.56 Å². The molecule has 0 aliphatic carbocycles. The first-order valence-electron chi connectivity index (χ1n) is 3.30. The van der Waals surface area contributed by atoms with Gasteiger partial charge in [-0.25, -0.2) is 4.21 Å². The van der Waals surface area contributed by atoms with Crippen LogP contribution < -0.4 is 4.72 Å². The molecule has 0 amide bonds. The van der Waals surface area contributed by atoms with E-state index in [1.54, 1.807) is 24.3 Å². The Morgan fingerprint density at radius 2 is 2.08 bits per heavy atom. The minimum absolute atomic E-state index is 0.152. The second kappa shape index (κ2) is 4.20. The standard InChI is InChI=1S/C7H9NO3S/c9-5-6-3-1-2-4-7(6)8-12(10)11/h1-4,8-9H,5H2,(H,10,11). The zero-order chi connectivity index (χ0) is 8.97. The zero-order valence-corrected chi connectivity index (χ0v) is 7.04. The molecule has 0 aliphatic rings. The lowest BCUT2D eigenvalue weighted by molar-refractivity contribution is 0.282. The number of benzene rings is 1. The van der Waals surface area contributed by atoms with E-state index in [9.17, 15) is 4.21 Å². The molecule has 0 saturated heterocycles. The Hall–Kier alpha value is -0.910. The van der Waals surface area contributed by atoms with Gasteiger partial charge in [0, 0.05) is 5.56 Å². The molecule has 0 radical (unpaired) electrons. The van der Waals surface area contributed by atoms with E-state index in [1.165, 1.54) is 0 Å². The summed E-state index contributed by atoms with van der Waals surface area (Å²) in [5.74, 6) is 0. The van der Waals surface area contributed by atoms with Crippen molar-refractivity contribution in [3.05, 3.63) is 29.8 Å². The van der Waals surface area contributed by atoms with Gasteiger partial charge in [-0.1, -0.05) is 18.2 Å². The average molecular weight is 187 g/mol. The number of hydrogen-bond acceptors (Lipinski definition) is 2. The van der Waals surface area contributed by atoms with Crippen LogP contribution in [0.4, 0.5) is 5.69 Å². The molecular weight excluding hydrogens is 178 g/mol.